The zero-order valence-corrected chi connectivity index (χ0v) is 13.5. The smallest absolute Gasteiger partial charge is 0.303 e. The molecule has 0 aliphatic carbocycles. The highest BCUT2D eigenvalue weighted by molar-refractivity contribution is 5.95. The van der Waals surface area contributed by atoms with Crippen LogP contribution in [0.2, 0.25) is 0 Å². The van der Waals surface area contributed by atoms with Gasteiger partial charge in [-0.1, -0.05) is 30.3 Å². The van der Waals surface area contributed by atoms with Gasteiger partial charge in [-0.15, -0.1) is 0 Å². The van der Waals surface area contributed by atoms with Gasteiger partial charge in [-0.3, -0.25) is 9.59 Å². The SMILES string of the molecule is Cc1cc(F)ccc1C(=O)NC(CCC(=O)O)Cc1ccccc1. The van der Waals surface area contributed by atoms with Crippen LogP contribution in [0.1, 0.15) is 34.3 Å². The number of nitrogens with one attached hydrogen (secondary N) is 1. The number of hydrogen-bond donors (Lipinski definition) is 2. The van der Waals surface area contributed by atoms with Gasteiger partial charge in [0.15, 0.2) is 0 Å². The first kappa shape index (κ1) is 17.7. The molecule has 0 spiro atoms. The van der Waals surface area contributed by atoms with Gasteiger partial charge in [0.25, 0.3) is 5.91 Å². The van der Waals surface area contributed by atoms with Crippen LogP contribution < -0.4 is 5.32 Å². The van der Waals surface area contributed by atoms with Gasteiger partial charge in [0, 0.05) is 18.0 Å². The second-order valence-electron chi connectivity index (χ2n) is 5.75. The molecule has 2 aromatic rings. The third-order valence-electron chi connectivity index (χ3n) is 3.80. The molecule has 0 fully saturated rings. The summed E-state index contributed by atoms with van der Waals surface area (Å²) in [6.07, 6.45) is 0.844. The highest BCUT2D eigenvalue weighted by atomic mass is 19.1. The van der Waals surface area contributed by atoms with Crippen molar-refractivity contribution in [2.45, 2.75) is 32.2 Å². The molecular weight excluding hydrogens is 309 g/mol. The Morgan fingerprint density at radius 1 is 1.17 bits per heavy atom. The topological polar surface area (TPSA) is 66.4 Å². The lowest BCUT2D eigenvalue weighted by atomic mass is 10.0. The van der Waals surface area contributed by atoms with Crippen LogP contribution in [-0.2, 0) is 11.2 Å². The Labute approximate surface area is 140 Å². The molecule has 0 saturated heterocycles. The number of benzene rings is 2. The second-order valence-corrected chi connectivity index (χ2v) is 5.75. The van der Waals surface area contributed by atoms with Crippen molar-refractivity contribution >= 4 is 11.9 Å². The van der Waals surface area contributed by atoms with E-state index >= 15 is 0 Å². The predicted octanol–water partition coefficient (Wildman–Crippen LogP) is 3.34. The maximum Gasteiger partial charge on any atom is 0.303 e. The molecule has 24 heavy (non-hydrogen) atoms. The number of hydrogen-bond acceptors (Lipinski definition) is 2. The van der Waals surface area contributed by atoms with Gasteiger partial charge >= 0.3 is 5.97 Å². The maximum absolute atomic E-state index is 13.2. The van der Waals surface area contributed by atoms with Crippen molar-refractivity contribution in [3.63, 3.8) is 0 Å². The minimum atomic E-state index is -0.903. The molecule has 0 aliphatic rings. The Balaban J connectivity index is 2.11. The van der Waals surface area contributed by atoms with Crippen LogP contribution in [0.15, 0.2) is 48.5 Å². The number of carbonyl (C=O) groups excluding carboxylic acids is 1. The van der Waals surface area contributed by atoms with Crippen LogP contribution in [0, 0.1) is 12.7 Å². The maximum atomic E-state index is 13.2. The Morgan fingerprint density at radius 2 is 1.88 bits per heavy atom. The van der Waals surface area contributed by atoms with Gasteiger partial charge in [0.2, 0.25) is 0 Å². The van der Waals surface area contributed by atoms with E-state index in [0.29, 0.717) is 24.0 Å². The van der Waals surface area contributed by atoms with Crippen molar-refractivity contribution in [1.29, 1.82) is 0 Å². The minimum absolute atomic E-state index is 0.0276. The first-order chi connectivity index (χ1) is 11.5. The molecular formula is C19H20FNO3. The third kappa shape index (κ3) is 5.19. The number of aryl methyl sites for hydroxylation is 1. The van der Waals surface area contributed by atoms with Crippen LogP contribution in [0.5, 0.6) is 0 Å². The Morgan fingerprint density at radius 3 is 2.50 bits per heavy atom. The van der Waals surface area contributed by atoms with E-state index in [1.165, 1.54) is 18.2 Å². The summed E-state index contributed by atoms with van der Waals surface area (Å²) < 4.78 is 13.2. The summed E-state index contributed by atoms with van der Waals surface area (Å²) in [6, 6.07) is 13.2. The van der Waals surface area contributed by atoms with Crippen LogP contribution in [0.25, 0.3) is 0 Å². The molecule has 2 rings (SSSR count). The summed E-state index contributed by atoms with van der Waals surface area (Å²) in [5.41, 5.74) is 1.96. The van der Waals surface area contributed by atoms with Crippen LogP contribution in [0.4, 0.5) is 4.39 Å². The third-order valence-corrected chi connectivity index (χ3v) is 3.80. The molecule has 126 valence electrons. The molecule has 0 radical (unpaired) electrons. The zero-order valence-electron chi connectivity index (χ0n) is 13.5. The van der Waals surface area contributed by atoms with E-state index in [0.717, 1.165) is 5.56 Å². The van der Waals surface area contributed by atoms with Crippen LogP contribution >= 0.6 is 0 Å². The summed E-state index contributed by atoms with van der Waals surface area (Å²) in [4.78, 5) is 23.3. The number of carboxylic acids is 1. The van der Waals surface area contributed by atoms with E-state index in [1.54, 1.807) is 6.92 Å². The number of carbonyl (C=O) groups is 2. The average molecular weight is 329 g/mol. The summed E-state index contributed by atoms with van der Waals surface area (Å²) in [5.74, 6) is -1.62. The molecule has 0 aromatic heterocycles. The van der Waals surface area contributed by atoms with Crippen molar-refractivity contribution in [3.8, 4) is 0 Å². The Hall–Kier alpha value is -2.69. The van der Waals surface area contributed by atoms with Gasteiger partial charge in [0.05, 0.1) is 0 Å². The Bertz CT molecular complexity index is 716. The van der Waals surface area contributed by atoms with Crippen molar-refractivity contribution in [1.82, 2.24) is 5.32 Å². The number of aliphatic carboxylic acids is 1. The molecule has 2 aromatic carbocycles. The molecule has 0 aliphatic heterocycles. The number of carboxylic acid groups (broad SMARTS) is 1. The predicted molar refractivity (Wildman–Crippen MR) is 89.4 cm³/mol. The Kier molecular flexibility index (Phi) is 6.07. The molecule has 1 atom stereocenters. The lowest BCUT2D eigenvalue weighted by Gasteiger charge is -2.19. The van der Waals surface area contributed by atoms with E-state index < -0.39 is 11.8 Å². The van der Waals surface area contributed by atoms with Crippen molar-refractivity contribution < 1.29 is 19.1 Å². The highest BCUT2D eigenvalue weighted by Gasteiger charge is 2.17. The monoisotopic (exact) mass is 329 g/mol. The average Bonchev–Trinajstić information content (AvgIpc) is 2.53. The molecule has 0 saturated carbocycles. The second kappa shape index (κ2) is 8.24. The summed E-state index contributed by atoms with van der Waals surface area (Å²) in [5, 5.41) is 11.8. The molecule has 1 unspecified atom stereocenters. The first-order valence-corrected chi connectivity index (χ1v) is 7.78. The summed E-state index contributed by atoms with van der Waals surface area (Å²) in [6.45, 7) is 1.67. The number of halogens is 1. The number of amides is 1. The van der Waals surface area contributed by atoms with E-state index in [1.807, 2.05) is 30.3 Å². The molecule has 5 heteroatoms. The summed E-state index contributed by atoms with van der Waals surface area (Å²) >= 11 is 0. The molecule has 4 nitrogen and oxygen atoms in total. The lowest BCUT2D eigenvalue weighted by molar-refractivity contribution is -0.137. The molecule has 1 amide bonds. The number of rotatable bonds is 7. The molecule has 0 heterocycles. The van der Waals surface area contributed by atoms with Crippen molar-refractivity contribution in [2.24, 2.45) is 0 Å². The van der Waals surface area contributed by atoms with Gasteiger partial charge in [-0.25, -0.2) is 4.39 Å². The van der Waals surface area contributed by atoms with Crippen LogP contribution in [0.3, 0.4) is 0 Å². The lowest BCUT2D eigenvalue weighted by Crippen LogP contribution is -2.37. The fraction of sp³-hybridized carbons (Fsp3) is 0.263. The minimum Gasteiger partial charge on any atom is -0.481 e. The van der Waals surface area contributed by atoms with Crippen LogP contribution in [-0.4, -0.2) is 23.0 Å². The fourth-order valence-electron chi connectivity index (χ4n) is 2.57. The van der Waals surface area contributed by atoms with Gasteiger partial charge in [-0.05, 0) is 49.1 Å². The zero-order chi connectivity index (χ0) is 17.5. The van der Waals surface area contributed by atoms with Gasteiger partial charge < -0.3 is 10.4 Å². The normalized spacial score (nSPS) is 11.8. The standard InChI is InChI=1S/C19H20FNO3/c1-13-11-15(20)7-9-17(13)19(24)21-16(8-10-18(22)23)12-14-5-3-2-4-6-14/h2-7,9,11,16H,8,10,12H2,1H3,(H,21,24)(H,22,23). The highest BCUT2D eigenvalue weighted by Crippen LogP contribution is 2.13. The van der Waals surface area contributed by atoms with E-state index in [4.69, 9.17) is 5.11 Å². The van der Waals surface area contributed by atoms with E-state index in [9.17, 15) is 14.0 Å². The fourth-order valence-corrected chi connectivity index (χ4v) is 2.57. The van der Waals surface area contributed by atoms with Gasteiger partial charge in [-0.2, -0.15) is 0 Å². The summed E-state index contributed by atoms with van der Waals surface area (Å²) in [7, 11) is 0. The molecule has 2 N–H and O–H groups in total. The van der Waals surface area contributed by atoms with Crippen molar-refractivity contribution in [3.05, 3.63) is 71.0 Å². The quantitative estimate of drug-likeness (QED) is 0.819. The van der Waals surface area contributed by atoms with E-state index in [-0.39, 0.29) is 18.4 Å². The largest absolute Gasteiger partial charge is 0.481 e. The first-order valence-electron chi connectivity index (χ1n) is 7.78. The van der Waals surface area contributed by atoms with Gasteiger partial charge in [0.1, 0.15) is 5.82 Å². The van der Waals surface area contributed by atoms with Crippen molar-refractivity contribution in [2.75, 3.05) is 0 Å². The molecule has 0 bridgehead atoms. The van der Waals surface area contributed by atoms with E-state index in [2.05, 4.69) is 5.32 Å².